The van der Waals surface area contributed by atoms with Crippen molar-refractivity contribution in [1.29, 1.82) is 5.26 Å². The molecular formula is C25H31ClN4O5S. The third kappa shape index (κ3) is 4.57. The third-order valence-electron chi connectivity index (χ3n) is 7.99. The van der Waals surface area contributed by atoms with Gasteiger partial charge in [-0.05, 0) is 63.1 Å². The standard InChI is InChI=1S/C25H31ClN4O5S/c1-17-5-4-12-29(14-17)25(10-11-25)22(31)30-15-18(36(33,34)20-7-3-2-6-19(20)26)13-21(30)35-23(32)28-24(16-27)8-9-24/h2-3,6-7,17-18,21H,4-5,8-15H2,1H3,(H,28,32)/t17?,18-,21+/m1/s1. The fraction of sp³-hybridized carbons (Fsp3) is 0.640. The van der Waals surface area contributed by atoms with Crippen LogP contribution < -0.4 is 5.32 Å². The maximum atomic E-state index is 14.0. The fourth-order valence-electron chi connectivity index (χ4n) is 5.54. The molecule has 0 radical (unpaired) electrons. The molecule has 1 unspecified atom stereocenters. The molecule has 2 amide bonds. The summed E-state index contributed by atoms with van der Waals surface area (Å²) in [7, 11) is -3.89. The van der Waals surface area contributed by atoms with Crippen LogP contribution in [0, 0.1) is 17.2 Å². The summed E-state index contributed by atoms with van der Waals surface area (Å²) in [6.07, 6.45) is 2.68. The van der Waals surface area contributed by atoms with E-state index in [9.17, 15) is 23.3 Å². The normalized spacial score (nSPS) is 28.7. The van der Waals surface area contributed by atoms with Crippen LogP contribution in [0.3, 0.4) is 0 Å². The number of alkyl carbamates (subject to hydrolysis) is 1. The second-order valence-corrected chi connectivity index (χ2v) is 13.3. The van der Waals surface area contributed by atoms with Crippen LogP contribution in [0.25, 0.3) is 0 Å². The Morgan fingerprint density at radius 1 is 1.19 bits per heavy atom. The van der Waals surface area contributed by atoms with E-state index in [1.165, 1.54) is 17.0 Å². The van der Waals surface area contributed by atoms with Crippen molar-refractivity contribution in [2.45, 2.75) is 79.3 Å². The summed E-state index contributed by atoms with van der Waals surface area (Å²) in [6, 6.07) is 8.30. The van der Waals surface area contributed by atoms with E-state index in [1.807, 2.05) is 0 Å². The van der Waals surface area contributed by atoms with Crippen molar-refractivity contribution in [1.82, 2.24) is 15.1 Å². The highest BCUT2D eigenvalue weighted by atomic mass is 35.5. The Kier molecular flexibility index (Phi) is 6.46. The molecule has 36 heavy (non-hydrogen) atoms. The lowest BCUT2D eigenvalue weighted by atomic mass is 9.97. The van der Waals surface area contributed by atoms with E-state index in [2.05, 4.69) is 23.2 Å². The number of halogens is 1. The van der Waals surface area contributed by atoms with Crippen molar-refractivity contribution in [3.8, 4) is 6.07 Å². The van der Waals surface area contributed by atoms with E-state index in [4.69, 9.17) is 16.3 Å². The topological polar surface area (TPSA) is 120 Å². The summed E-state index contributed by atoms with van der Waals surface area (Å²) in [5.41, 5.74) is -1.60. The van der Waals surface area contributed by atoms with Crippen LogP contribution in [-0.2, 0) is 19.4 Å². The van der Waals surface area contributed by atoms with Crippen molar-refractivity contribution in [3.05, 3.63) is 29.3 Å². The van der Waals surface area contributed by atoms with Gasteiger partial charge in [-0.2, -0.15) is 5.26 Å². The molecule has 1 aromatic rings. The van der Waals surface area contributed by atoms with Gasteiger partial charge < -0.3 is 15.0 Å². The Hall–Kier alpha value is -2.35. The van der Waals surface area contributed by atoms with E-state index < -0.39 is 38.5 Å². The summed E-state index contributed by atoms with van der Waals surface area (Å²) < 4.78 is 32.7. The number of likely N-dealkylation sites (tertiary alicyclic amines) is 2. The highest BCUT2D eigenvalue weighted by Gasteiger charge is 2.59. The molecule has 4 fully saturated rings. The quantitative estimate of drug-likeness (QED) is 0.595. The number of nitriles is 1. The average Bonchev–Trinajstić information content (AvgIpc) is 3.76. The Labute approximate surface area is 216 Å². The number of benzene rings is 1. The molecule has 2 saturated carbocycles. The number of carbonyl (C=O) groups excluding carboxylic acids is 2. The molecule has 1 aromatic carbocycles. The van der Waals surface area contributed by atoms with Crippen LogP contribution in [0.2, 0.25) is 5.02 Å². The van der Waals surface area contributed by atoms with Gasteiger partial charge in [-0.15, -0.1) is 0 Å². The van der Waals surface area contributed by atoms with Crippen LogP contribution >= 0.6 is 11.6 Å². The zero-order valence-corrected chi connectivity index (χ0v) is 21.9. The lowest BCUT2D eigenvalue weighted by Crippen LogP contribution is -2.55. The fourth-order valence-corrected chi connectivity index (χ4v) is 7.74. The van der Waals surface area contributed by atoms with Gasteiger partial charge in [-0.25, -0.2) is 13.2 Å². The molecule has 4 aliphatic rings. The van der Waals surface area contributed by atoms with Crippen LogP contribution in [0.15, 0.2) is 29.2 Å². The average molecular weight is 535 g/mol. The maximum Gasteiger partial charge on any atom is 0.410 e. The van der Waals surface area contributed by atoms with Gasteiger partial charge in [0.1, 0.15) is 11.1 Å². The van der Waals surface area contributed by atoms with Crippen LogP contribution in [0.5, 0.6) is 0 Å². The SMILES string of the molecule is CC1CCCN(C2(C(=O)N3C[C@H](S(=O)(=O)c4ccccc4Cl)C[C@@H]3OC(=O)NC3(C#N)CC3)CC2)C1. The third-order valence-corrected chi connectivity index (χ3v) is 10.6. The molecule has 1 N–H and O–H groups in total. The maximum absolute atomic E-state index is 14.0. The number of nitrogens with one attached hydrogen (secondary N) is 1. The summed E-state index contributed by atoms with van der Waals surface area (Å²) in [6.45, 7) is 3.73. The molecular weight excluding hydrogens is 504 g/mol. The molecule has 0 bridgehead atoms. The number of rotatable bonds is 6. The number of sulfone groups is 1. The minimum atomic E-state index is -3.89. The minimum Gasteiger partial charge on any atom is -0.425 e. The Morgan fingerprint density at radius 3 is 2.53 bits per heavy atom. The van der Waals surface area contributed by atoms with E-state index in [0.29, 0.717) is 31.6 Å². The molecule has 0 aromatic heterocycles. The lowest BCUT2D eigenvalue weighted by molar-refractivity contribution is -0.146. The molecule has 11 heteroatoms. The first kappa shape index (κ1) is 25.3. The number of carbonyl (C=O) groups is 2. The predicted molar refractivity (Wildman–Crippen MR) is 132 cm³/mol. The van der Waals surface area contributed by atoms with Crippen molar-refractivity contribution in [2.24, 2.45) is 5.92 Å². The molecule has 2 aliphatic heterocycles. The Bertz CT molecular complexity index is 1210. The van der Waals surface area contributed by atoms with Gasteiger partial charge in [-0.3, -0.25) is 9.69 Å². The lowest BCUT2D eigenvalue weighted by Gasteiger charge is -2.39. The van der Waals surface area contributed by atoms with Gasteiger partial charge in [0.15, 0.2) is 16.1 Å². The van der Waals surface area contributed by atoms with Crippen LogP contribution in [0.4, 0.5) is 4.79 Å². The zero-order chi connectivity index (χ0) is 25.7. The van der Waals surface area contributed by atoms with Gasteiger partial charge in [0.2, 0.25) is 5.91 Å². The second-order valence-electron chi connectivity index (χ2n) is 10.7. The molecule has 0 spiro atoms. The Morgan fingerprint density at radius 2 is 1.92 bits per heavy atom. The number of piperidine rings is 1. The van der Waals surface area contributed by atoms with Gasteiger partial charge in [0, 0.05) is 19.5 Å². The van der Waals surface area contributed by atoms with E-state index in [-0.39, 0.29) is 28.8 Å². The van der Waals surface area contributed by atoms with E-state index in [0.717, 1.165) is 25.9 Å². The van der Waals surface area contributed by atoms with E-state index in [1.54, 1.807) is 12.1 Å². The first-order chi connectivity index (χ1) is 17.1. The number of hydrogen-bond donors (Lipinski definition) is 1. The monoisotopic (exact) mass is 534 g/mol. The van der Waals surface area contributed by atoms with Crippen LogP contribution in [-0.4, -0.2) is 72.4 Å². The van der Waals surface area contributed by atoms with Crippen molar-refractivity contribution < 1.29 is 22.7 Å². The van der Waals surface area contributed by atoms with Crippen molar-refractivity contribution >= 4 is 33.4 Å². The van der Waals surface area contributed by atoms with Gasteiger partial charge in [0.25, 0.3) is 0 Å². The molecule has 9 nitrogen and oxygen atoms in total. The van der Waals surface area contributed by atoms with Crippen LogP contribution in [0.1, 0.15) is 51.9 Å². The van der Waals surface area contributed by atoms with Gasteiger partial charge in [-0.1, -0.05) is 30.7 Å². The highest BCUT2D eigenvalue weighted by Crippen LogP contribution is 2.47. The number of hydrogen-bond acceptors (Lipinski definition) is 7. The number of nitrogens with zero attached hydrogens (tertiary/aromatic N) is 3. The molecule has 3 atom stereocenters. The zero-order valence-electron chi connectivity index (χ0n) is 20.3. The van der Waals surface area contributed by atoms with Crippen molar-refractivity contribution in [2.75, 3.05) is 19.6 Å². The second kappa shape index (κ2) is 9.19. The Balaban J connectivity index is 1.40. The van der Waals surface area contributed by atoms with Gasteiger partial charge >= 0.3 is 6.09 Å². The summed E-state index contributed by atoms with van der Waals surface area (Å²) in [4.78, 5) is 30.3. The molecule has 5 rings (SSSR count). The molecule has 194 valence electrons. The smallest absolute Gasteiger partial charge is 0.410 e. The van der Waals surface area contributed by atoms with E-state index >= 15 is 0 Å². The number of amides is 2. The first-order valence-corrected chi connectivity index (χ1v) is 14.5. The highest BCUT2D eigenvalue weighted by molar-refractivity contribution is 7.92. The number of ether oxygens (including phenoxy) is 1. The largest absolute Gasteiger partial charge is 0.425 e. The summed E-state index contributed by atoms with van der Waals surface area (Å²) in [5.74, 6) is 0.294. The first-order valence-electron chi connectivity index (χ1n) is 12.5. The summed E-state index contributed by atoms with van der Waals surface area (Å²) >= 11 is 6.21. The van der Waals surface area contributed by atoms with Gasteiger partial charge in [0.05, 0.1) is 21.2 Å². The molecule has 2 aliphatic carbocycles. The molecule has 2 heterocycles. The predicted octanol–water partition coefficient (Wildman–Crippen LogP) is 3.09. The minimum absolute atomic E-state index is 0.00146. The summed E-state index contributed by atoms with van der Waals surface area (Å²) in [5, 5.41) is 11.0. The molecule has 2 saturated heterocycles. The van der Waals surface area contributed by atoms with Crippen molar-refractivity contribution in [3.63, 3.8) is 0 Å².